The first-order chi connectivity index (χ1) is 9.15. The lowest BCUT2D eigenvalue weighted by atomic mass is 9.99. The molecule has 1 unspecified atom stereocenters. The van der Waals surface area contributed by atoms with Crippen molar-refractivity contribution in [1.29, 1.82) is 0 Å². The van der Waals surface area contributed by atoms with Crippen LogP contribution in [0.2, 0.25) is 5.02 Å². The molecule has 1 aromatic carbocycles. The van der Waals surface area contributed by atoms with Gasteiger partial charge in [-0.05, 0) is 44.4 Å². The van der Waals surface area contributed by atoms with Crippen LogP contribution < -0.4 is 15.2 Å². The molecule has 0 spiro atoms. The predicted molar refractivity (Wildman–Crippen MR) is 77.1 cm³/mol. The molecular weight excluding hydrogens is 266 g/mol. The number of aliphatic hydroxyl groups excluding tert-OH is 1. The zero-order chi connectivity index (χ0) is 14.3. The highest BCUT2D eigenvalue weighted by atomic mass is 35.5. The second kappa shape index (κ2) is 8.25. The summed E-state index contributed by atoms with van der Waals surface area (Å²) in [6.07, 6.45) is 0.633. The molecule has 4 nitrogen and oxygen atoms in total. The molecule has 0 fully saturated rings. The number of hydrogen-bond acceptors (Lipinski definition) is 4. The maximum Gasteiger partial charge on any atom is 0.141 e. The minimum Gasteiger partial charge on any atom is -0.493 e. The molecule has 3 N–H and O–H groups in total. The Morgan fingerprint density at radius 3 is 2.37 bits per heavy atom. The fourth-order valence-electron chi connectivity index (χ4n) is 1.82. The molecule has 0 saturated carbocycles. The fourth-order valence-corrected chi connectivity index (χ4v) is 2.07. The summed E-state index contributed by atoms with van der Waals surface area (Å²) < 4.78 is 11.1. The quantitative estimate of drug-likeness (QED) is 0.770. The standard InChI is InChI=1S/C14H22ClNO3/c1-3-18-13-7-14(19-4-2)12(15)6-11(13)5-10(8-16)9-17/h6-7,10,17H,3-5,8-9,16H2,1-2H3. The summed E-state index contributed by atoms with van der Waals surface area (Å²) in [5, 5.41) is 9.79. The number of benzene rings is 1. The van der Waals surface area contributed by atoms with Crippen LogP contribution in [-0.2, 0) is 6.42 Å². The van der Waals surface area contributed by atoms with Gasteiger partial charge in [0.2, 0.25) is 0 Å². The molecule has 0 bridgehead atoms. The molecule has 1 atom stereocenters. The average molecular weight is 288 g/mol. The molecule has 5 heteroatoms. The molecule has 1 rings (SSSR count). The van der Waals surface area contributed by atoms with Crippen LogP contribution in [0.15, 0.2) is 12.1 Å². The number of nitrogens with two attached hydrogens (primary N) is 1. The van der Waals surface area contributed by atoms with Gasteiger partial charge >= 0.3 is 0 Å². The Hall–Kier alpha value is -0.970. The summed E-state index contributed by atoms with van der Waals surface area (Å²) in [7, 11) is 0. The largest absolute Gasteiger partial charge is 0.493 e. The van der Waals surface area contributed by atoms with Gasteiger partial charge in [0.05, 0.1) is 18.2 Å². The summed E-state index contributed by atoms with van der Waals surface area (Å²) in [5.41, 5.74) is 6.56. The Bertz CT molecular complexity index is 395. The maximum absolute atomic E-state index is 9.24. The summed E-state index contributed by atoms with van der Waals surface area (Å²) in [4.78, 5) is 0. The van der Waals surface area contributed by atoms with E-state index < -0.39 is 0 Å². The topological polar surface area (TPSA) is 64.7 Å². The first-order valence-corrected chi connectivity index (χ1v) is 6.92. The van der Waals surface area contributed by atoms with E-state index in [4.69, 9.17) is 26.8 Å². The van der Waals surface area contributed by atoms with Gasteiger partial charge in [0, 0.05) is 12.7 Å². The smallest absolute Gasteiger partial charge is 0.141 e. The van der Waals surface area contributed by atoms with Gasteiger partial charge in [-0.25, -0.2) is 0 Å². The normalized spacial score (nSPS) is 12.3. The van der Waals surface area contributed by atoms with Crippen molar-refractivity contribution in [3.05, 3.63) is 22.7 Å². The van der Waals surface area contributed by atoms with E-state index in [2.05, 4.69) is 0 Å². The summed E-state index contributed by atoms with van der Waals surface area (Å²) in [6, 6.07) is 3.63. The van der Waals surface area contributed by atoms with Crippen molar-refractivity contribution in [2.75, 3.05) is 26.4 Å². The van der Waals surface area contributed by atoms with Gasteiger partial charge in [-0.15, -0.1) is 0 Å². The molecule has 0 amide bonds. The van der Waals surface area contributed by atoms with Crippen LogP contribution in [0, 0.1) is 5.92 Å². The fraction of sp³-hybridized carbons (Fsp3) is 0.571. The number of halogens is 1. The van der Waals surface area contributed by atoms with Gasteiger partial charge in [0.1, 0.15) is 11.5 Å². The van der Waals surface area contributed by atoms with Gasteiger partial charge in [-0.2, -0.15) is 0 Å². The Kier molecular flexibility index (Phi) is 6.99. The molecule has 0 saturated heterocycles. The third kappa shape index (κ3) is 4.56. The van der Waals surface area contributed by atoms with Gasteiger partial charge in [0.15, 0.2) is 0 Å². The molecular formula is C14H22ClNO3. The Balaban J connectivity index is 3.03. The molecule has 0 aromatic heterocycles. The molecule has 0 aliphatic heterocycles. The van der Waals surface area contributed by atoms with Crippen molar-refractivity contribution in [3.63, 3.8) is 0 Å². The molecule has 0 heterocycles. The van der Waals surface area contributed by atoms with Crippen LogP contribution in [0.4, 0.5) is 0 Å². The zero-order valence-electron chi connectivity index (χ0n) is 11.5. The highest BCUT2D eigenvalue weighted by Gasteiger charge is 2.14. The van der Waals surface area contributed by atoms with E-state index >= 15 is 0 Å². The predicted octanol–water partition coefficient (Wildman–Crippen LogP) is 2.25. The van der Waals surface area contributed by atoms with E-state index in [0.717, 1.165) is 11.3 Å². The Labute approximate surface area is 119 Å². The van der Waals surface area contributed by atoms with Crippen LogP contribution in [0.25, 0.3) is 0 Å². The average Bonchev–Trinajstić information content (AvgIpc) is 2.41. The van der Waals surface area contributed by atoms with Crippen LogP contribution in [0.3, 0.4) is 0 Å². The van der Waals surface area contributed by atoms with E-state index in [0.29, 0.717) is 37.0 Å². The summed E-state index contributed by atoms with van der Waals surface area (Å²) in [5.74, 6) is 1.36. The Morgan fingerprint density at radius 2 is 1.84 bits per heavy atom. The number of aliphatic hydroxyl groups is 1. The van der Waals surface area contributed by atoms with Crippen molar-refractivity contribution >= 4 is 11.6 Å². The van der Waals surface area contributed by atoms with Gasteiger partial charge in [-0.3, -0.25) is 0 Å². The van der Waals surface area contributed by atoms with Crippen molar-refractivity contribution in [2.24, 2.45) is 11.7 Å². The lowest BCUT2D eigenvalue weighted by Gasteiger charge is -2.17. The lowest BCUT2D eigenvalue weighted by Crippen LogP contribution is -2.20. The second-order valence-electron chi connectivity index (χ2n) is 4.24. The maximum atomic E-state index is 9.24. The molecule has 19 heavy (non-hydrogen) atoms. The van der Waals surface area contributed by atoms with E-state index in [1.165, 1.54) is 0 Å². The summed E-state index contributed by atoms with van der Waals surface area (Å²) >= 11 is 6.18. The molecule has 108 valence electrons. The van der Waals surface area contributed by atoms with Gasteiger partial charge < -0.3 is 20.3 Å². The number of hydrogen-bond donors (Lipinski definition) is 2. The lowest BCUT2D eigenvalue weighted by molar-refractivity contribution is 0.228. The van der Waals surface area contributed by atoms with Crippen molar-refractivity contribution in [3.8, 4) is 11.5 Å². The summed E-state index contributed by atoms with van der Waals surface area (Å²) in [6.45, 7) is 5.41. The number of ether oxygens (including phenoxy) is 2. The molecule has 0 aliphatic rings. The van der Waals surface area contributed by atoms with Crippen LogP contribution in [0.1, 0.15) is 19.4 Å². The minimum atomic E-state index is 0.00761. The second-order valence-corrected chi connectivity index (χ2v) is 4.65. The van der Waals surface area contributed by atoms with E-state index in [9.17, 15) is 5.11 Å². The van der Waals surface area contributed by atoms with Crippen LogP contribution in [0.5, 0.6) is 11.5 Å². The van der Waals surface area contributed by atoms with Crippen molar-refractivity contribution in [2.45, 2.75) is 20.3 Å². The van der Waals surface area contributed by atoms with Crippen LogP contribution in [-0.4, -0.2) is 31.5 Å². The first kappa shape index (κ1) is 16.1. The zero-order valence-corrected chi connectivity index (χ0v) is 12.2. The van der Waals surface area contributed by atoms with Gasteiger partial charge in [0.25, 0.3) is 0 Å². The molecule has 1 aromatic rings. The minimum absolute atomic E-state index is 0.00761. The highest BCUT2D eigenvalue weighted by molar-refractivity contribution is 6.32. The monoisotopic (exact) mass is 287 g/mol. The third-order valence-corrected chi connectivity index (χ3v) is 3.11. The van der Waals surface area contributed by atoms with E-state index in [-0.39, 0.29) is 12.5 Å². The number of rotatable bonds is 8. The van der Waals surface area contributed by atoms with Crippen molar-refractivity contribution < 1.29 is 14.6 Å². The first-order valence-electron chi connectivity index (χ1n) is 6.55. The molecule has 0 radical (unpaired) electrons. The highest BCUT2D eigenvalue weighted by Crippen LogP contribution is 2.34. The van der Waals surface area contributed by atoms with Crippen molar-refractivity contribution in [1.82, 2.24) is 0 Å². The Morgan fingerprint density at radius 1 is 1.21 bits per heavy atom. The van der Waals surface area contributed by atoms with E-state index in [1.807, 2.05) is 19.9 Å². The van der Waals surface area contributed by atoms with Gasteiger partial charge in [-0.1, -0.05) is 11.6 Å². The van der Waals surface area contributed by atoms with E-state index in [1.54, 1.807) is 6.07 Å². The molecule has 0 aliphatic carbocycles. The van der Waals surface area contributed by atoms with Crippen LogP contribution >= 0.6 is 11.6 Å². The SMILES string of the molecule is CCOc1cc(OCC)c(CC(CN)CO)cc1Cl. The third-order valence-electron chi connectivity index (χ3n) is 2.81.